The SMILES string of the molecule is Cc1cc(Cl)ccc1NC(=O)CSc1nc(N)cc(=O)[nH]1. The summed E-state index contributed by atoms with van der Waals surface area (Å²) in [6.45, 7) is 1.85. The zero-order valence-corrected chi connectivity index (χ0v) is 12.7. The van der Waals surface area contributed by atoms with Gasteiger partial charge >= 0.3 is 0 Å². The maximum absolute atomic E-state index is 11.9. The number of H-pyrrole nitrogens is 1. The summed E-state index contributed by atoms with van der Waals surface area (Å²) in [6.07, 6.45) is 0. The Bertz CT molecular complexity index is 732. The van der Waals surface area contributed by atoms with Gasteiger partial charge in [0, 0.05) is 16.8 Å². The predicted octanol–water partition coefficient (Wildman–Crippen LogP) is 2.04. The standard InChI is InChI=1S/C13H13ClN4O2S/c1-7-4-8(14)2-3-9(7)16-12(20)6-21-13-17-10(15)5-11(19)18-13/h2-5H,6H2,1H3,(H,16,20)(H3,15,17,18,19). The first-order chi connectivity index (χ1) is 9.94. The molecule has 0 spiro atoms. The first-order valence-corrected chi connectivity index (χ1v) is 7.36. The van der Waals surface area contributed by atoms with Crippen molar-refractivity contribution in [3.63, 3.8) is 0 Å². The van der Waals surface area contributed by atoms with Crippen LogP contribution in [0.5, 0.6) is 0 Å². The van der Waals surface area contributed by atoms with Gasteiger partial charge in [0.1, 0.15) is 5.82 Å². The van der Waals surface area contributed by atoms with Crippen molar-refractivity contribution in [2.24, 2.45) is 0 Å². The molecule has 21 heavy (non-hydrogen) atoms. The van der Waals surface area contributed by atoms with Gasteiger partial charge in [-0.3, -0.25) is 9.59 Å². The number of nitrogen functional groups attached to an aromatic ring is 1. The zero-order valence-electron chi connectivity index (χ0n) is 11.1. The molecule has 0 aliphatic carbocycles. The van der Waals surface area contributed by atoms with E-state index in [4.69, 9.17) is 17.3 Å². The number of nitrogens with one attached hydrogen (secondary N) is 2. The molecule has 0 bridgehead atoms. The molecule has 1 heterocycles. The van der Waals surface area contributed by atoms with Crippen molar-refractivity contribution in [3.8, 4) is 0 Å². The average Bonchev–Trinajstić information content (AvgIpc) is 2.39. The normalized spacial score (nSPS) is 10.4. The molecular formula is C13H13ClN4O2S. The van der Waals surface area contributed by atoms with Gasteiger partial charge < -0.3 is 16.0 Å². The Labute approximate surface area is 130 Å². The number of hydrogen-bond donors (Lipinski definition) is 3. The second kappa shape index (κ2) is 6.64. The number of nitrogens with zero attached hydrogens (tertiary/aromatic N) is 1. The van der Waals surface area contributed by atoms with Crippen LogP contribution in [0.15, 0.2) is 34.2 Å². The van der Waals surface area contributed by atoms with Crippen LogP contribution in [0.25, 0.3) is 0 Å². The summed E-state index contributed by atoms with van der Waals surface area (Å²) in [5.41, 5.74) is 6.68. The van der Waals surface area contributed by atoms with E-state index in [1.807, 2.05) is 6.92 Å². The fourth-order valence-electron chi connectivity index (χ4n) is 1.61. The van der Waals surface area contributed by atoms with E-state index in [2.05, 4.69) is 15.3 Å². The number of aryl methyl sites for hydroxylation is 1. The molecule has 4 N–H and O–H groups in total. The monoisotopic (exact) mass is 324 g/mol. The molecule has 8 heteroatoms. The highest BCUT2D eigenvalue weighted by Crippen LogP contribution is 2.20. The van der Waals surface area contributed by atoms with Crippen molar-refractivity contribution in [3.05, 3.63) is 45.2 Å². The van der Waals surface area contributed by atoms with E-state index < -0.39 is 0 Å². The Balaban J connectivity index is 1.97. The van der Waals surface area contributed by atoms with Crippen LogP contribution in [-0.4, -0.2) is 21.6 Å². The number of aromatic nitrogens is 2. The number of amides is 1. The third-order valence-corrected chi connectivity index (χ3v) is 3.65. The summed E-state index contributed by atoms with van der Waals surface area (Å²) in [5.74, 6) is 0.0137. The molecule has 0 aliphatic heterocycles. The molecule has 1 aromatic carbocycles. The van der Waals surface area contributed by atoms with Crippen LogP contribution in [-0.2, 0) is 4.79 Å². The molecule has 1 aromatic heterocycles. The molecule has 1 amide bonds. The molecule has 110 valence electrons. The van der Waals surface area contributed by atoms with E-state index in [9.17, 15) is 9.59 Å². The molecule has 0 fully saturated rings. The van der Waals surface area contributed by atoms with E-state index in [1.54, 1.807) is 18.2 Å². The Hall–Kier alpha value is -1.99. The van der Waals surface area contributed by atoms with Gasteiger partial charge in [0.2, 0.25) is 5.91 Å². The minimum atomic E-state index is -0.348. The first-order valence-electron chi connectivity index (χ1n) is 5.99. The molecule has 0 aliphatic rings. The van der Waals surface area contributed by atoms with Crippen LogP contribution < -0.4 is 16.6 Å². The molecular weight excluding hydrogens is 312 g/mol. The highest BCUT2D eigenvalue weighted by Gasteiger charge is 2.08. The van der Waals surface area contributed by atoms with Crippen molar-refractivity contribution in [1.29, 1.82) is 0 Å². The summed E-state index contributed by atoms with van der Waals surface area (Å²) in [6, 6.07) is 6.39. The lowest BCUT2D eigenvalue weighted by molar-refractivity contribution is -0.113. The summed E-state index contributed by atoms with van der Waals surface area (Å²) < 4.78 is 0. The van der Waals surface area contributed by atoms with Crippen LogP contribution in [0.2, 0.25) is 5.02 Å². The number of carbonyl (C=O) groups excluding carboxylic acids is 1. The number of benzene rings is 1. The topological polar surface area (TPSA) is 101 Å². The minimum Gasteiger partial charge on any atom is -0.383 e. The molecule has 0 unspecified atom stereocenters. The van der Waals surface area contributed by atoms with Gasteiger partial charge in [-0.2, -0.15) is 0 Å². The summed E-state index contributed by atoms with van der Waals surface area (Å²) in [4.78, 5) is 29.5. The van der Waals surface area contributed by atoms with Gasteiger partial charge in [-0.05, 0) is 30.7 Å². The third kappa shape index (κ3) is 4.51. The molecule has 6 nitrogen and oxygen atoms in total. The van der Waals surface area contributed by atoms with Gasteiger partial charge in [0.05, 0.1) is 5.75 Å². The molecule has 0 saturated heterocycles. The van der Waals surface area contributed by atoms with Gasteiger partial charge in [-0.25, -0.2) is 4.98 Å². The number of anilines is 2. The van der Waals surface area contributed by atoms with Gasteiger partial charge in [0.25, 0.3) is 5.56 Å². The van der Waals surface area contributed by atoms with E-state index in [0.29, 0.717) is 15.9 Å². The highest BCUT2D eigenvalue weighted by molar-refractivity contribution is 7.99. The van der Waals surface area contributed by atoms with Crippen molar-refractivity contribution in [1.82, 2.24) is 9.97 Å². The molecule has 2 aromatic rings. The van der Waals surface area contributed by atoms with Gasteiger partial charge in [0.15, 0.2) is 5.16 Å². The zero-order chi connectivity index (χ0) is 15.4. The summed E-state index contributed by atoms with van der Waals surface area (Å²) in [7, 11) is 0. The van der Waals surface area contributed by atoms with Crippen LogP contribution in [0, 0.1) is 6.92 Å². The minimum absolute atomic E-state index is 0.106. The van der Waals surface area contributed by atoms with Gasteiger partial charge in [-0.15, -0.1) is 0 Å². The molecule has 0 radical (unpaired) electrons. The van der Waals surface area contributed by atoms with Gasteiger partial charge in [-0.1, -0.05) is 23.4 Å². The average molecular weight is 325 g/mol. The maximum Gasteiger partial charge on any atom is 0.253 e. The lowest BCUT2D eigenvalue weighted by Crippen LogP contribution is -2.16. The number of hydrogen-bond acceptors (Lipinski definition) is 5. The lowest BCUT2D eigenvalue weighted by Gasteiger charge is -2.08. The quantitative estimate of drug-likeness (QED) is 0.590. The molecule has 0 atom stereocenters. The Morgan fingerprint density at radius 2 is 2.24 bits per heavy atom. The number of rotatable bonds is 4. The summed E-state index contributed by atoms with van der Waals surface area (Å²) in [5, 5.41) is 3.69. The second-order valence-electron chi connectivity index (χ2n) is 4.27. The third-order valence-electron chi connectivity index (χ3n) is 2.54. The van der Waals surface area contributed by atoms with Crippen molar-refractivity contribution >= 4 is 40.8 Å². The van der Waals surface area contributed by atoms with Crippen molar-refractivity contribution in [2.75, 3.05) is 16.8 Å². The number of aromatic amines is 1. The van der Waals surface area contributed by atoms with Crippen LogP contribution in [0.3, 0.4) is 0 Å². The Morgan fingerprint density at radius 1 is 1.48 bits per heavy atom. The Morgan fingerprint density at radius 3 is 2.90 bits per heavy atom. The van der Waals surface area contributed by atoms with Crippen LogP contribution >= 0.6 is 23.4 Å². The predicted molar refractivity (Wildman–Crippen MR) is 84.8 cm³/mol. The van der Waals surface area contributed by atoms with E-state index >= 15 is 0 Å². The van der Waals surface area contributed by atoms with E-state index in [0.717, 1.165) is 17.3 Å². The number of nitrogens with two attached hydrogens (primary N) is 1. The smallest absolute Gasteiger partial charge is 0.253 e. The van der Waals surface area contributed by atoms with Crippen LogP contribution in [0.4, 0.5) is 11.5 Å². The summed E-state index contributed by atoms with van der Waals surface area (Å²) >= 11 is 6.95. The fourth-order valence-corrected chi connectivity index (χ4v) is 2.52. The number of halogens is 1. The number of thioether (sulfide) groups is 1. The lowest BCUT2D eigenvalue weighted by atomic mass is 10.2. The maximum atomic E-state index is 11.9. The van der Waals surface area contributed by atoms with E-state index in [1.165, 1.54) is 6.07 Å². The Kier molecular flexibility index (Phi) is 4.87. The number of carbonyl (C=O) groups is 1. The fraction of sp³-hybridized carbons (Fsp3) is 0.154. The first kappa shape index (κ1) is 15.4. The molecule has 2 rings (SSSR count). The second-order valence-corrected chi connectivity index (χ2v) is 5.67. The highest BCUT2D eigenvalue weighted by atomic mass is 35.5. The molecule has 0 saturated carbocycles. The largest absolute Gasteiger partial charge is 0.383 e. The van der Waals surface area contributed by atoms with Crippen LogP contribution in [0.1, 0.15) is 5.56 Å². The van der Waals surface area contributed by atoms with Crippen molar-refractivity contribution in [2.45, 2.75) is 12.1 Å². The van der Waals surface area contributed by atoms with E-state index in [-0.39, 0.29) is 23.0 Å². The van der Waals surface area contributed by atoms with Crippen molar-refractivity contribution < 1.29 is 4.79 Å².